The fraction of sp³-hybridized carbons (Fsp3) is 0.429. The predicted molar refractivity (Wildman–Crippen MR) is 66.8 cm³/mol. The predicted octanol–water partition coefficient (Wildman–Crippen LogP) is 1.97. The van der Waals surface area contributed by atoms with Gasteiger partial charge in [0, 0.05) is 5.92 Å². The highest BCUT2D eigenvalue weighted by Crippen LogP contribution is 2.36. The summed E-state index contributed by atoms with van der Waals surface area (Å²) in [5, 5.41) is 11.8. The van der Waals surface area contributed by atoms with Crippen molar-refractivity contribution in [2.75, 3.05) is 0 Å². The molecule has 0 aromatic heterocycles. The van der Waals surface area contributed by atoms with Gasteiger partial charge in [-0.1, -0.05) is 37.3 Å². The van der Waals surface area contributed by atoms with Crippen LogP contribution in [0.5, 0.6) is 0 Å². The highest BCUT2D eigenvalue weighted by molar-refractivity contribution is 5.86. The van der Waals surface area contributed by atoms with Gasteiger partial charge < -0.3 is 10.4 Å². The molecule has 0 bridgehead atoms. The molecule has 1 amide bonds. The molecule has 0 heterocycles. The Morgan fingerprint density at radius 1 is 1.28 bits per heavy atom. The first-order valence-corrected chi connectivity index (χ1v) is 6.17. The zero-order valence-electron chi connectivity index (χ0n) is 10.3. The summed E-state index contributed by atoms with van der Waals surface area (Å²) in [7, 11) is 0. The van der Waals surface area contributed by atoms with Crippen LogP contribution in [0.4, 0.5) is 0 Å². The number of rotatable bonds is 5. The van der Waals surface area contributed by atoms with E-state index in [0.29, 0.717) is 11.5 Å². The Balaban J connectivity index is 2.07. The normalized spacial score (nSPS) is 17.8. The lowest BCUT2D eigenvalue weighted by Gasteiger charge is -2.17. The first-order valence-electron chi connectivity index (χ1n) is 6.17. The van der Waals surface area contributed by atoms with E-state index in [9.17, 15) is 14.7 Å². The summed E-state index contributed by atoms with van der Waals surface area (Å²) in [4.78, 5) is 23.2. The van der Waals surface area contributed by atoms with Crippen LogP contribution < -0.4 is 5.32 Å². The van der Waals surface area contributed by atoms with Gasteiger partial charge in [-0.05, 0) is 24.3 Å². The van der Waals surface area contributed by atoms with Crippen LogP contribution in [0.2, 0.25) is 0 Å². The molecule has 1 fully saturated rings. The van der Waals surface area contributed by atoms with Gasteiger partial charge in [-0.2, -0.15) is 0 Å². The van der Waals surface area contributed by atoms with Gasteiger partial charge >= 0.3 is 5.97 Å². The molecule has 0 saturated heterocycles. The number of nitrogens with one attached hydrogen (secondary N) is 1. The Morgan fingerprint density at radius 3 is 2.39 bits per heavy atom. The summed E-state index contributed by atoms with van der Waals surface area (Å²) in [6.07, 6.45) is 2.13. The van der Waals surface area contributed by atoms with Crippen molar-refractivity contribution in [3.63, 3.8) is 0 Å². The summed E-state index contributed by atoms with van der Waals surface area (Å²) in [5.41, 5.74) is 0.598. The molecule has 1 saturated carbocycles. The standard InChI is InChI=1S/C14H17NO3/c1-9(10-7-8-10)13(16)15-12(14(17)18)11-5-3-2-4-6-11/h2-6,9-10,12H,7-8H2,1H3,(H,15,16)(H,17,18). The van der Waals surface area contributed by atoms with Crippen molar-refractivity contribution in [1.82, 2.24) is 5.32 Å². The van der Waals surface area contributed by atoms with Crippen molar-refractivity contribution in [2.45, 2.75) is 25.8 Å². The van der Waals surface area contributed by atoms with E-state index in [-0.39, 0.29) is 11.8 Å². The molecule has 0 spiro atoms. The van der Waals surface area contributed by atoms with Crippen molar-refractivity contribution in [3.8, 4) is 0 Å². The molecule has 1 aliphatic carbocycles. The van der Waals surface area contributed by atoms with Gasteiger partial charge in [0.1, 0.15) is 0 Å². The quantitative estimate of drug-likeness (QED) is 0.836. The van der Waals surface area contributed by atoms with E-state index in [1.807, 2.05) is 13.0 Å². The second-order valence-electron chi connectivity index (χ2n) is 4.82. The third-order valence-electron chi connectivity index (χ3n) is 3.41. The Hall–Kier alpha value is -1.84. The maximum absolute atomic E-state index is 11.9. The molecule has 96 valence electrons. The molecule has 2 unspecified atom stereocenters. The minimum absolute atomic E-state index is 0.101. The minimum atomic E-state index is -1.03. The van der Waals surface area contributed by atoms with Crippen molar-refractivity contribution < 1.29 is 14.7 Å². The summed E-state index contributed by atoms with van der Waals surface area (Å²) >= 11 is 0. The van der Waals surface area contributed by atoms with Crippen molar-refractivity contribution in [2.24, 2.45) is 11.8 Å². The van der Waals surface area contributed by atoms with Gasteiger partial charge in [-0.25, -0.2) is 4.79 Å². The fourth-order valence-corrected chi connectivity index (χ4v) is 2.02. The molecule has 4 nitrogen and oxygen atoms in total. The lowest BCUT2D eigenvalue weighted by molar-refractivity contribution is -0.142. The van der Waals surface area contributed by atoms with Gasteiger partial charge in [0.05, 0.1) is 0 Å². The molecule has 1 aromatic carbocycles. The molecular weight excluding hydrogens is 230 g/mol. The highest BCUT2D eigenvalue weighted by Gasteiger charge is 2.34. The van der Waals surface area contributed by atoms with E-state index in [2.05, 4.69) is 5.32 Å². The molecule has 2 atom stereocenters. The van der Waals surface area contributed by atoms with Crippen LogP contribution in [0.15, 0.2) is 30.3 Å². The van der Waals surface area contributed by atoms with Gasteiger partial charge in [-0.15, -0.1) is 0 Å². The number of aliphatic carboxylic acids is 1. The van der Waals surface area contributed by atoms with Crippen molar-refractivity contribution in [3.05, 3.63) is 35.9 Å². The number of carbonyl (C=O) groups excluding carboxylic acids is 1. The van der Waals surface area contributed by atoms with Crippen LogP contribution in [-0.2, 0) is 9.59 Å². The number of carboxylic acids is 1. The zero-order chi connectivity index (χ0) is 13.1. The van der Waals surface area contributed by atoms with E-state index < -0.39 is 12.0 Å². The van der Waals surface area contributed by atoms with Crippen LogP contribution in [0, 0.1) is 11.8 Å². The summed E-state index contributed by atoms with van der Waals surface area (Å²) in [6.45, 7) is 1.86. The minimum Gasteiger partial charge on any atom is -0.479 e. The Kier molecular flexibility index (Phi) is 3.65. The van der Waals surface area contributed by atoms with Crippen molar-refractivity contribution in [1.29, 1.82) is 0 Å². The lowest BCUT2D eigenvalue weighted by Crippen LogP contribution is -2.37. The summed E-state index contributed by atoms with van der Waals surface area (Å²) in [5.74, 6) is -0.878. The number of carboxylic acid groups (broad SMARTS) is 1. The third kappa shape index (κ3) is 2.88. The number of carbonyl (C=O) groups is 2. The van der Waals surface area contributed by atoms with Crippen LogP contribution >= 0.6 is 0 Å². The van der Waals surface area contributed by atoms with E-state index >= 15 is 0 Å². The second-order valence-corrected chi connectivity index (χ2v) is 4.82. The highest BCUT2D eigenvalue weighted by atomic mass is 16.4. The van der Waals surface area contributed by atoms with Gasteiger partial charge in [0.2, 0.25) is 5.91 Å². The number of hydrogen-bond acceptors (Lipinski definition) is 2. The lowest BCUT2D eigenvalue weighted by atomic mass is 10.0. The monoisotopic (exact) mass is 247 g/mol. The second kappa shape index (κ2) is 5.21. The molecule has 2 rings (SSSR count). The van der Waals surface area contributed by atoms with Crippen LogP contribution in [-0.4, -0.2) is 17.0 Å². The number of hydrogen-bond donors (Lipinski definition) is 2. The number of amides is 1. The molecule has 4 heteroatoms. The first-order chi connectivity index (χ1) is 8.59. The molecular formula is C14H17NO3. The number of benzene rings is 1. The largest absolute Gasteiger partial charge is 0.479 e. The fourth-order valence-electron chi connectivity index (χ4n) is 2.02. The van der Waals surface area contributed by atoms with E-state index in [1.165, 1.54) is 0 Å². The zero-order valence-corrected chi connectivity index (χ0v) is 10.3. The van der Waals surface area contributed by atoms with Gasteiger partial charge in [0.15, 0.2) is 6.04 Å². The van der Waals surface area contributed by atoms with E-state index in [0.717, 1.165) is 12.8 Å². The maximum Gasteiger partial charge on any atom is 0.330 e. The van der Waals surface area contributed by atoms with E-state index in [4.69, 9.17) is 0 Å². The van der Waals surface area contributed by atoms with Crippen LogP contribution in [0.25, 0.3) is 0 Å². The SMILES string of the molecule is CC(C(=O)NC(C(=O)O)c1ccccc1)C1CC1. The van der Waals surface area contributed by atoms with Crippen LogP contribution in [0.3, 0.4) is 0 Å². The average molecular weight is 247 g/mol. The summed E-state index contributed by atoms with van der Waals surface area (Å²) < 4.78 is 0. The smallest absolute Gasteiger partial charge is 0.330 e. The molecule has 18 heavy (non-hydrogen) atoms. The Morgan fingerprint density at radius 2 is 1.89 bits per heavy atom. The van der Waals surface area contributed by atoms with Gasteiger partial charge in [-0.3, -0.25) is 4.79 Å². The molecule has 1 aromatic rings. The average Bonchev–Trinajstić information content (AvgIpc) is 3.19. The first kappa shape index (κ1) is 12.6. The Bertz CT molecular complexity index is 440. The van der Waals surface area contributed by atoms with Gasteiger partial charge in [0.25, 0.3) is 0 Å². The topological polar surface area (TPSA) is 66.4 Å². The molecule has 0 radical (unpaired) electrons. The Labute approximate surface area is 106 Å². The van der Waals surface area contributed by atoms with E-state index in [1.54, 1.807) is 24.3 Å². The van der Waals surface area contributed by atoms with Crippen molar-refractivity contribution >= 4 is 11.9 Å². The van der Waals surface area contributed by atoms with Crippen LogP contribution in [0.1, 0.15) is 31.4 Å². The molecule has 1 aliphatic rings. The summed E-state index contributed by atoms with van der Waals surface area (Å²) in [6, 6.07) is 7.81. The third-order valence-corrected chi connectivity index (χ3v) is 3.41. The molecule has 2 N–H and O–H groups in total. The molecule has 0 aliphatic heterocycles. The maximum atomic E-state index is 11.9.